The molecule has 104 valence electrons. The van der Waals surface area contributed by atoms with Crippen LogP contribution in [0.15, 0.2) is 34.4 Å². The quantitative estimate of drug-likeness (QED) is 0.765. The molecule has 5 heteroatoms. The van der Waals surface area contributed by atoms with Crippen molar-refractivity contribution in [2.75, 3.05) is 6.54 Å². The summed E-state index contributed by atoms with van der Waals surface area (Å²) in [5, 5.41) is 2.13. The molecule has 0 aromatic carbocycles. The Hall–Kier alpha value is -1.20. The molecule has 0 fully saturated rings. The van der Waals surface area contributed by atoms with Gasteiger partial charge in [-0.05, 0) is 57.9 Å². The average Bonchev–Trinajstić information content (AvgIpc) is 2.94. The fourth-order valence-corrected chi connectivity index (χ4v) is 4.13. The number of hydrogen-bond donors (Lipinski definition) is 0. The van der Waals surface area contributed by atoms with Gasteiger partial charge in [-0.2, -0.15) is 0 Å². The molecule has 0 spiro atoms. The third kappa shape index (κ3) is 2.29. The van der Waals surface area contributed by atoms with Gasteiger partial charge in [-0.3, -0.25) is 4.79 Å². The van der Waals surface area contributed by atoms with E-state index in [0.717, 1.165) is 19.4 Å². The van der Waals surface area contributed by atoms with Crippen LogP contribution in [0.25, 0.3) is 0 Å². The molecule has 1 aliphatic heterocycles. The van der Waals surface area contributed by atoms with Crippen molar-refractivity contribution in [1.82, 2.24) is 9.88 Å². The van der Waals surface area contributed by atoms with Crippen molar-refractivity contribution in [1.29, 1.82) is 0 Å². The van der Waals surface area contributed by atoms with Crippen molar-refractivity contribution in [3.05, 3.63) is 50.4 Å². The Morgan fingerprint density at radius 1 is 1.55 bits per heavy atom. The molecule has 0 saturated heterocycles. The Morgan fingerprint density at radius 3 is 3.15 bits per heavy atom. The lowest BCUT2D eigenvalue weighted by Crippen LogP contribution is -2.39. The summed E-state index contributed by atoms with van der Waals surface area (Å²) in [7, 11) is 0. The van der Waals surface area contributed by atoms with Crippen LogP contribution < -0.4 is 0 Å². The Kier molecular flexibility index (Phi) is 3.89. The van der Waals surface area contributed by atoms with Crippen molar-refractivity contribution in [2.45, 2.75) is 25.8 Å². The number of thiophene rings is 1. The molecule has 0 radical (unpaired) electrons. The molecule has 0 aliphatic carbocycles. The normalized spacial score (nSPS) is 17.9. The standard InChI is InChI=1S/C15H15BrN2OS/c1-2-12-10-6-9-20-13(10)5-8-18(12)15(19)11-4-3-7-17-14(11)16/h3-4,6-7,9,12H,2,5,8H2,1H3. The van der Waals surface area contributed by atoms with Gasteiger partial charge in [0, 0.05) is 17.6 Å². The van der Waals surface area contributed by atoms with E-state index in [4.69, 9.17) is 0 Å². The van der Waals surface area contributed by atoms with Crippen LogP contribution in [0.1, 0.15) is 40.2 Å². The van der Waals surface area contributed by atoms with Gasteiger partial charge >= 0.3 is 0 Å². The number of halogens is 1. The highest BCUT2D eigenvalue weighted by atomic mass is 79.9. The molecule has 1 atom stereocenters. The number of rotatable bonds is 2. The molecule has 2 aromatic heterocycles. The van der Waals surface area contributed by atoms with E-state index >= 15 is 0 Å². The highest BCUT2D eigenvalue weighted by Crippen LogP contribution is 2.36. The Balaban J connectivity index is 1.95. The van der Waals surface area contributed by atoms with E-state index < -0.39 is 0 Å². The third-order valence-electron chi connectivity index (χ3n) is 3.73. The molecular formula is C15H15BrN2OS. The van der Waals surface area contributed by atoms with Crippen molar-refractivity contribution in [3.63, 3.8) is 0 Å². The monoisotopic (exact) mass is 350 g/mol. The molecule has 0 saturated carbocycles. The van der Waals surface area contributed by atoms with Crippen LogP contribution >= 0.6 is 27.3 Å². The highest BCUT2D eigenvalue weighted by molar-refractivity contribution is 9.10. The van der Waals surface area contributed by atoms with Crippen LogP contribution in [0.2, 0.25) is 0 Å². The smallest absolute Gasteiger partial charge is 0.257 e. The Bertz CT molecular complexity index is 640. The zero-order valence-corrected chi connectivity index (χ0v) is 13.6. The van der Waals surface area contributed by atoms with E-state index in [1.807, 2.05) is 11.0 Å². The number of hydrogen-bond acceptors (Lipinski definition) is 3. The molecule has 1 unspecified atom stereocenters. The topological polar surface area (TPSA) is 33.2 Å². The van der Waals surface area contributed by atoms with E-state index in [9.17, 15) is 4.79 Å². The summed E-state index contributed by atoms with van der Waals surface area (Å²) in [6, 6.07) is 5.98. The summed E-state index contributed by atoms with van der Waals surface area (Å²) in [6.07, 6.45) is 3.58. The number of fused-ring (bicyclic) bond motifs is 1. The predicted octanol–water partition coefficient (Wildman–Crippen LogP) is 4.06. The van der Waals surface area contributed by atoms with Crippen LogP contribution in [0.3, 0.4) is 0 Å². The van der Waals surface area contributed by atoms with Gasteiger partial charge in [0.15, 0.2) is 0 Å². The SMILES string of the molecule is CCC1c2ccsc2CCN1C(=O)c1cccnc1Br. The van der Waals surface area contributed by atoms with Crippen molar-refractivity contribution >= 4 is 33.2 Å². The molecular weight excluding hydrogens is 336 g/mol. The van der Waals surface area contributed by atoms with Gasteiger partial charge in [-0.25, -0.2) is 4.98 Å². The molecule has 1 amide bonds. The fraction of sp³-hybridized carbons (Fsp3) is 0.333. The van der Waals surface area contributed by atoms with E-state index in [-0.39, 0.29) is 11.9 Å². The number of nitrogens with zero attached hydrogens (tertiary/aromatic N) is 2. The van der Waals surface area contributed by atoms with Gasteiger partial charge in [0.25, 0.3) is 5.91 Å². The van der Waals surface area contributed by atoms with Crippen LogP contribution in [-0.4, -0.2) is 22.3 Å². The maximum absolute atomic E-state index is 12.8. The van der Waals surface area contributed by atoms with Gasteiger partial charge in [-0.15, -0.1) is 11.3 Å². The van der Waals surface area contributed by atoms with E-state index in [1.54, 1.807) is 23.6 Å². The first-order valence-electron chi connectivity index (χ1n) is 6.70. The number of carbonyl (C=O) groups is 1. The van der Waals surface area contributed by atoms with Crippen LogP contribution in [0.5, 0.6) is 0 Å². The minimum Gasteiger partial charge on any atom is -0.331 e. The van der Waals surface area contributed by atoms with Crippen molar-refractivity contribution in [2.24, 2.45) is 0 Å². The Labute approximate surface area is 130 Å². The maximum atomic E-state index is 12.8. The van der Waals surface area contributed by atoms with Crippen LogP contribution in [0, 0.1) is 0 Å². The number of carbonyl (C=O) groups excluding carboxylic acids is 1. The summed E-state index contributed by atoms with van der Waals surface area (Å²) >= 11 is 5.17. The first-order chi connectivity index (χ1) is 9.72. The van der Waals surface area contributed by atoms with Gasteiger partial charge in [0.1, 0.15) is 4.60 Å². The highest BCUT2D eigenvalue weighted by Gasteiger charge is 2.31. The van der Waals surface area contributed by atoms with Gasteiger partial charge < -0.3 is 4.90 Å². The second-order valence-electron chi connectivity index (χ2n) is 4.81. The molecule has 3 nitrogen and oxygen atoms in total. The molecule has 0 bridgehead atoms. The number of pyridine rings is 1. The van der Waals surface area contributed by atoms with E-state index in [0.29, 0.717) is 10.2 Å². The fourth-order valence-electron chi connectivity index (χ4n) is 2.78. The minimum absolute atomic E-state index is 0.0636. The third-order valence-corrected chi connectivity index (χ3v) is 5.36. The first-order valence-corrected chi connectivity index (χ1v) is 8.37. The molecule has 0 N–H and O–H groups in total. The lowest BCUT2D eigenvalue weighted by molar-refractivity contribution is 0.0656. The molecule has 20 heavy (non-hydrogen) atoms. The summed E-state index contributed by atoms with van der Waals surface area (Å²) < 4.78 is 0.621. The molecule has 1 aliphatic rings. The summed E-state index contributed by atoms with van der Waals surface area (Å²) in [6.45, 7) is 2.92. The summed E-state index contributed by atoms with van der Waals surface area (Å²) in [5.41, 5.74) is 1.96. The van der Waals surface area contributed by atoms with Gasteiger partial charge in [0.05, 0.1) is 11.6 Å². The minimum atomic E-state index is 0.0636. The van der Waals surface area contributed by atoms with Crippen molar-refractivity contribution in [3.8, 4) is 0 Å². The zero-order chi connectivity index (χ0) is 14.1. The molecule has 3 rings (SSSR count). The van der Waals surface area contributed by atoms with Gasteiger partial charge in [-0.1, -0.05) is 6.92 Å². The largest absolute Gasteiger partial charge is 0.331 e. The number of aromatic nitrogens is 1. The summed E-state index contributed by atoms with van der Waals surface area (Å²) in [4.78, 5) is 20.3. The zero-order valence-electron chi connectivity index (χ0n) is 11.2. The number of amides is 1. The van der Waals surface area contributed by atoms with Gasteiger partial charge in [0.2, 0.25) is 0 Å². The predicted molar refractivity (Wildman–Crippen MR) is 84.0 cm³/mol. The van der Waals surface area contributed by atoms with Crippen molar-refractivity contribution < 1.29 is 4.79 Å². The van der Waals surface area contributed by atoms with Crippen LogP contribution in [0.4, 0.5) is 0 Å². The maximum Gasteiger partial charge on any atom is 0.257 e. The average molecular weight is 351 g/mol. The summed E-state index contributed by atoms with van der Waals surface area (Å²) in [5.74, 6) is 0.0636. The molecule has 2 aromatic rings. The van der Waals surface area contributed by atoms with Crippen LogP contribution in [-0.2, 0) is 6.42 Å². The Morgan fingerprint density at radius 2 is 2.40 bits per heavy atom. The van der Waals surface area contributed by atoms with E-state index in [2.05, 4.69) is 39.3 Å². The lowest BCUT2D eigenvalue weighted by Gasteiger charge is -2.35. The second-order valence-corrected chi connectivity index (χ2v) is 6.57. The lowest BCUT2D eigenvalue weighted by atomic mass is 9.97. The van der Waals surface area contributed by atoms with E-state index in [1.165, 1.54) is 10.4 Å². The first kappa shape index (κ1) is 13.8. The second kappa shape index (κ2) is 5.66. The molecule has 3 heterocycles.